The lowest BCUT2D eigenvalue weighted by atomic mass is 10.3. The molecule has 2 rings (SSSR count). The van der Waals surface area contributed by atoms with Crippen molar-refractivity contribution in [3.05, 3.63) is 12.3 Å². The number of nitrogens with zero attached hydrogens (tertiary/aromatic N) is 3. The molecule has 9 heteroatoms. The zero-order valence-electron chi connectivity index (χ0n) is 10.0. The number of furan rings is 1. The maximum atomic E-state index is 11.5. The number of hydrogen-bond acceptors (Lipinski definition) is 7. The van der Waals surface area contributed by atoms with Gasteiger partial charge in [0, 0.05) is 20.2 Å². The van der Waals surface area contributed by atoms with Crippen LogP contribution in [0, 0.1) is 0 Å². The summed E-state index contributed by atoms with van der Waals surface area (Å²) in [5.41, 5.74) is 0.407. The molecule has 0 aliphatic carbocycles. The van der Waals surface area contributed by atoms with Gasteiger partial charge in [-0.1, -0.05) is 0 Å². The second-order valence-electron chi connectivity index (χ2n) is 3.66. The molecule has 1 N–H and O–H groups in total. The first-order valence-corrected chi connectivity index (χ1v) is 6.46. The van der Waals surface area contributed by atoms with Crippen molar-refractivity contribution in [3.8, 4) is 11.5 Å². The molecule has 0 aromatic carbocycles. The molecule has 0 unspecified atom stereocenters. The lowest BCUT2D eigenvalue weighted by molar-refractivity contribution is 0.428. The Bertz CT molecular complexity index is 643. The Hall–Kier alpha value is -1.87. The van der Waals surface area contributed by atoms with Gasteiger partial charge < -0.3 is 13.8 Å². The normalized spacial score (nSPS) is 11.7. The van der Waals surface area contributed by atoms with Gasteiger partial charge in [-0.25, -0.2) is 13.1 Å². The molecule has 2 heterocycles. The standard InChI is InChI=1S/C9H12N4O4S/c1-10-18(14,15)7-4-6(5-16-7)8-11-9(12-17-8)13(2)3/h4-5,10H,1-3H3. The van der Waals surface area contributed by atoms with Crippen LogP contribution in [0.4, 0.5) is 5.95 Å². The molecular weight excluding hydrogens is 260 g/mol. The smallest absolute Gasteiger partial charge is 0.273 e. The third kappa shape index (κ3) is 2.22. The zero-order chi connectivity index (χ0) is 13.3. The van der Waals surface area contributed by atoms with Crippen LogP contribution in [0.2, 0.25) is 0 Å². The van der Waals surface area contributed by atoms with Crippen molar-refractivity contribution in [3.63, 3.8) is 0 Å². The highest BCUT2D eigenvalue weighted by molar-refractivity contribution is 7.89. The fourth-order valence-corrected chi connectivity index (χ4v) is 1.84. The molecule has 0 bridgehead atoms. The Labute approximate surface area is 104 Å². The van der Waals surface area contributed by atoms with Gasteiger partial charge in [-0.2, -0.15) is 4.98 Å². The van der Waals surface area contributed by atoms with Gasteiger partial charge in [-0.3, -0.25) is 0 Å². The summed E-state index contributed by atoms with van der Waals surface area (Å²) in [4.78, 5) is 5.74. The van der Waals surface area contributed by atoms with Crippen LogP contribution in [-0.4, -0.2) is 39.7 Å². The van der Waals surface area contributed by atoms with Crippen molar-refractivity contribution in [1.82, 2.24) is 14.9 Å². The van der Waals surface area contributed by atoms with E-state index in [0.717, 1.165) is 0 Å². The van der Waals surface area contributed by atoms with E-state index in [-0.39, 0.29) is 11.0 Å². The van der Waals surface area contributed by atoms with Crippen LogP contribution in [0.15, 0.2) is 26.4 Å². The van der Waals surface area contributed by atoms with Gasteiger partial charge in [-0.15, -0.1) is 0 Å². The van der Waals surface area contributed by atoms with Gasteiger partial charge in [0.15, 0.2) is 0 Å². The predicted octanol–water partition coefficient (Wildman–Crippen LogP) is 0.304. The van der Waals surface area contributed by atoms with Crippen molar-refractivity contribution in [2.24, 2.45) is 0 Å². The lowest BCUT2D eigenvalue weighted by Gasteiger charge is -2.01. The Balaban J connectivity index is 2.35. The fraction of sp³-hybridized carbons (Fsp3) is 0.333. The fourth-order valence-electron chi connectivity index (χ4n) is 1.18. The molecule has 8 nitrogen and oxygen atoms in total. The van der Waals surface area contributed by atoms with Crippen LogP contribution in [0.5, 0.6) is 0 Å². The SMILES string of the molecule is CNS(=O)(=O)c1cc(-c2nc(N(C)C)no2)co1. The Morgan fingerprint density at radius 1 is 1.39 bits per heavy atom. The van der Waals surface area contributed by atoms with Crippen molar-refractivity contribution < 1.29 is 17.4 Å². The van der Waals surface area contributed by atoms with Crippen LogP contribution in [0.1, 0.15) is 0 Å². The molecule has 0 atom stereocenters. The van der Waals surface area contributed by atoms with E-state index in [0.29, 0.717) is 11.5 Å². The molecular formula is C9H12N4O4S. The maximum absolute atomic E-state index is 11.5. The third-order valence-electron chi connectivity index (χ3n) is 2.17. The van der Waals surface area contributed by atoms with Gasteiger partial charge in [-0.05, 0) is 12.2 Å². The summed E-state index contributed by atoms with van der Waals surface area (Å²) in [7, 11) is 1.22. The molecule has 98 valence electrons. The summed E-state index contributed by atoms with van der Waals surface area (Å²) in [6.07, 6.45) is 1.25. The van der Waals surface area contributed by atoms with E-state index in [1.807, 2.05) is 0 Å². The molecule has 0 aliphatic rings. The first-order chi connectivity index (χ1) is 8.44. The molecule has 0 aliphatic heterocycles. The molecule has 0 amide bonds. The second kappa shape index (κ2) is 4.42. The molecule has 0 spiro atoms. The summed E-state index contributed by atoms with van der Waals surface area (Å²) in [6.45, 7) is 0. The molecule has 0 fully saturated rings. The number of hydrogen-bond donors (Lipinski definition) is 1. The van der Waals surface area contributed by atoms with E-state index in [1.165, 1.54) is 19.4 Å². The topological polar surface area (TPSA) is 101 Å². The van der Waals surface area contributed by atoms with E-state index in [2.05, 4.69) is 14.9 Å². The van der Waals surface area contributed by atoms with Crippen molar-refractivity contribution in [1.29, 1.82) is 0 Å². The Morgan fingerprint density at radius 2 is 2.11 bits per heavy atom. The minimum atomic E-state index is -3.61. The molecule has 2 aromatic heterocycles. The van der Waals surface area contributed by atoms with Crippen LogP contribution in [-0.2, 0) is 10.0 Å². The number of nitrogens with one attached hydrogen (secondary N) is 1. The van der Waals surface area contributed by atoms with E-state index < -0.39 is 10.0 Å². The monoisotopic (exact) mass is 272 g/mol. The number of anilines is 1. The molecule has 2 aromatic rings. The summed E-state index contributed by atoms with van der Waals surface area (Å²) >= 11 is 0. The summed E-state index contributed by atoms with van der Waals surface area (Å²) in [5.74, 6) is 0.587. The predicted molar refractivity (Wildman–Crippen MR) is 62.6 cm³/mol. The average Bonchev–Trinajstić information content (AvgIpc) is 2.97. The van der Waals surface area contributed by atoms with Gasteiger partial charge in [0.25, 0.3) is 21.9 Å². The highest BCUT2D eigenvalue weighted by atomic mass is 32.2. The molecule has 0 saturated carbocycles. The largest absolute Gasteiger partial charge is 0.451 e. The third-order valence-corrected chi connectivity index (χ3v) is 3.45. The van der Waals surface area contributed by atoms with Crippen LogP contribution >= 0.6 is 0 Å². The minimum absolute atomic E-state index is 0.194. The highest BCUT2D eigenvalue weighted by Crippen LogP contribution is 2.24. The van der Waals surface area contributed by atoms with Crippen molar-refractivity contribution >= 4 is 16.0 Å². The van der Waals surface area contributed by atoms with E-state index in [4.69, 9.17) is 8.94 Å². The van der Waals surface area contributed by atoms with Crippen LogP contribution in [0.25, 0.3) is 11.5 Å². The Morgan fingerprint density at radius 3 is 2.67 bits per heavy atom. The average molecular weight is 272 g/mol. The van der Waals surface area contributed by atoms with E-state index in [9.17, 15) is 8.42 Å². The van der Waals surface area contributed by atoms with Crippen molar-refractivity contribution in [2.45, 2.75) is 5.09 Å². The minimum Gasteiger partial charge on any atom is -0.451 e. The number of rotatable bonds is 4. The van der Waals surface area contributed by atoms with Gasteiger partial charge in [0.1, 0.15) is 6.26 Å². The molecule has 0 radical (unpaired) electrons. The molecule has 18 heavy (non-hydrogen) atoms. The van der Waals surface area contributed by atoms with Gasteiger partial charge >= 0.3 is 0 Å². The Kier molecular flexibility index (Phi) is 3.09. The van der Waals surface area contributed by atoms with Gasteiger partial charge in [0.2, 0.25) is 5.09 Å². The maximum Gasteiger partial charge on any atom is 0.273 e. The van der Waals surface area contributed by atoms with Crippen LogP contribution < -0.4 is 9.62 Å². The zero-order valence-corrected chi connectivity index (χ0v) is 10.9. The second-order valence-corrected chi connectivity index (χ2v) is 5.47. The van der Waals surface area contributed by atoms with E-state index in [1.54, 1.807) is 19.0 Å². The highest BCUT2D eigenvalue weighted by Gasteiger charge is 2.19. The quantitative estimate of drug-likeness (QED) is 0.854. The first kappa shape index (κ1) is 12.6. The van der Waals surface area contributed by atoms with Crippen molar-refractivity contribution in [2.75, 3.05) is 26.0 Å². The first-order valence-electron chi connectivity index (χ1n) is 4.97. The van der Waals surface area contributed by atoms with Gasteiger partial charge in [0.05, 0.1) is 5.56 Å². The number of aromatic nitrogens is 2. The summed E-state index contributed by atoms with van der Waals surface area (Å²) in [6, 6.07) is 1.32. The molecule has 0 saturated heterocycles. The lowest BCUT2D eigenvalue weighted by Crippen LogP contribution is -2.17. The number of sulfonamides is 1. The van der Waals surface area contributed by atoms with Crippen LogP contribution in [0.3, 0.4) is 0 Å². The van der Waals surface area contributed by atoms with E-state index >= 15 is 0 Å². The summed E-state index contributed by atoms with van der Waals surface area (Å²) < 4.78 is 35.1. The summed E-state index contributed by atoms with van der Waals surface area (Å²) in [5, 5.41) is 3.51.